The van der Waals surface area contributed by atoms with Gasteiger partial charge in [0, 0.05) is 5.69 Å². The Morgan fingerprint density at radius 1 is 1.21 bits per heavy atom. The molecule has 0 bridgehead atoms. The van der Waals surface area contributed by atoms with Gasteiger partial charge >= 0.3 is 0 Å². The number of hydrogen-bond donors (Lipinski definition) is 3. The Bertz CT molecular complexity index is 605. The summed E-state index contributed by atoms with van der Waals surface area (Å²) >= 11 is 0. The van der Waals surface area contributed by atoms with Crippen molar-refractivity contribution in [3.63, 3.8) is 0 Å². The van der Waals surface area contributed by atoms with Gasteiger partial charge in [-0.3, -0.25) is 9.59 Å². The van der Waals surface area contributed by atoms with Gasteiger partial charge in [-0.25, -0.2) is 4.63 Å². The zero-order valence-electron chi connectivity index (χ0n) is 9.79. The summed E-state index contributed by atoms with van der Waals surface area (Å²) in [5.74, 6) is -1.03. The van der Waals surface area contributed by atoms with Crippen molar-refractivity contribution in [3.05, 3.63) is 35.5 Å². The fraction of sp³-hybridized carbons (Fsp3) is 0.0909. The molecule has 19 heavy (non-hydrogen) atoms. The normalized spacial score (nSPS) is 10.1. The van der Waals surface area contributed by atoms with Gasteiger partial charge in [-0.05, 0) is 28.0 Å². The Hall–Kier alpha value is -2.90. The third kappa shape index (κ3) is 3.06. The maximum Gasteiger partial charge on any atom is 0.281 e. The van der Waals surface area contributed by atoms with Crippen molar-refractivity contribution in [2.24, 2.45) is 5.73 Å². The second-order valence-electron chi connectivity index (χ2n) is 3.79. The molecule has 5 N–H and O–H groups in total. The number of rotatable bonds is 4. The highest BCUT2D eigenvalue weighted by molar-refractivity contribution is 6.05. The van der Waals surface area contributed by atoms with Crippen molar-refractivity contribution in [1.82, 2.24) is 10.3 Å². The van der Waals surface area contributed by atoms with Crippen molar-refractivity contribution in [2.45, 2.75) is 6.42 Å². The lowest BCUT2D eigenvalue weighted by Crippen LogP contribution is -2.15. The van der Waals surface area contributed by atoms with Gasteiger partial charge in [-0.1, -0.05) is 12.1 Å². The van der Waals surface area contributed by atoms with E-state index in [4.69, 9.17) is 11.5 Å². The number of benzene rings is 1. The van der Waals surface area contributed by atoms with Crippen molar-refractivity contribution in [1.29, 1.82) is 0 Å². The van der Waals surface area contributed by atoms with Gasteiger partial charge < -0.3 is 16.8 Å². The van der Waals surface area contributed by atoms with Crippen molar-refractivity contribution < 1.29 is 14.2 Å². The molecule has 8 heteroatoms. The molecular formula is C11H11N5O3. The molecule has 0 aliphatic carbocycles. The Morgan fingerprint density at radius 3 is 2.42 bits per heavy atom. The summed E-state index contributed by atoms with van der Waals surface area (Å²) in [6.45, 7) is 0. The van der Waals surface area contributed by atoms with Gasteiger partial charge in [-0.15, -0.1) is 0 Å². The molecule has 0 atom stereocenters. The molecule has 98 valence electrons. The van der Waals surface area contributed by atoms with Crippen LogP contribution in [0.5, 0.6) is 0 Å². The highest BCUT2D eigenvalue weighted by Gasteiger charge is 2.15. The summed E-state index contributed by atoms with van der Waals surface area (Å²) in [7, 11) is 0. The van der Waals surface area contributed by atoms with Crippen LogP contribution in [0, 0.1) is 0 Å². The molecular weight excluding hydrogens is 250 g/mol. The van der Waals surface area contributed by atoms with E-state index < -0.39 is 11.8 Å². The van der Waals surface area contributed by atoms with E-state index in [1.165, 1.54) is 0 Å². The zero-order chi connectivity index (χ0) is 13.8. The Morgan fingerprint density at radius 2 is 1.89 bits per heavy atom. The smallest absolute Gasteiger partial charge is 0.281 e. The first-order chi connectivity index (χ1) is 9.06. The summed E-state index contributed by atoms with van der Waals surface area (Å²) in [6.07, 6.45) is 0.147. The summed E-state index contributed by atoms with van der Waals surface area (Å²) in [5, 5.41) is 9.26. The molecule has 0 aliphatic rings. The highest BCUT2D eigenvalue weighted by Crippen LogP contribution is 2.12. The fourth-order valence-corrected chi connectivity index (χ4v) is 1.45. The minimum atomic E-state index is -0.526. The number of anilines is 2. The summed E-state index contributed by atoms with van der Waals surface area (Å²) in [6, 6.07) is 6.65. The topological polar surface area (TPSA) is 137 Å². The maximum absolute atomic E-state index is 11.7. The van der Waals surface area contributed by atoms with Crippen LogP contribution in [0.3, 0.4) is 0 Å². The van der Waals surface area contributed by atoms with Gasteiger partial charge in [-0.2, -0.15) is 0 Å². The largest absolute Gasteiger partial charge is 0.379 e. The van der Waals surface area contributed by atoms with E-state index in [9.17, 15) is 9.59 Å². The molecule has 2 aromatic rings. The fourth-order valence-electron chi connectivity index (χ4n) is 1.45. The molecule has 1 aromatic carbocycles. The van der Waals surface area contributed by atoms with E-state index in [1.807, 2.05) is 0 Å². The summed E-state index contributed by atoms with van der Waals surface area (Å²) in [5.41, 5.74) is 11.7. The second kappa shape index (κ2) is 5.17. The Kier molecular flexibility index (Phi) is 3.42. The van der Waals surface area contributed by atoms with Crippen LogP contribution in [0.2, 0.25) is 0 Å². The molecule has 2 amide bonds. The van der Waals surface area contributed by atoms with Crippen LogP contribution in [0.1, 0.15) is 16.1 Å². The minimum absolute atomic E-state index is 0.0807. The van der Waals surface area contributed by atoms with Crippen LogP contribution in [-0.4, -0.2) is 22.1 Å². The number of nitrogens with one attached hydrogen (secondary N) is 1. The maximum atomic E-state index is 11.7. The van der Waals surface area contributed by atoms with E-state index in [0.717, 1.165) is 5.56 Å². The molecule has 0 radical (unpaired) electrons. The lowest BCUT2D eigenvalue weighted by atomic mass is 10.1. The van der Waals surface area contributed by atoms with E-state index in [0.29, 0.717) is 5.69 Å². The Labute approximate surface area is 107 Å². The number of nitrogens with two attached hydrogens (primary N) is 2. The molecule has 2 rings (SSSR count). The number of amides is 2. The zero-order valence-corrected chi connectivity index (χ0v) is 9.79. The van der Waals surface area contributed by atoms with E-state index in [-0.39, 0.29) is 17.9 Å². The summed E-state index contributed by atoms with van der Waals surface area (Å²) in [4.78, 5) is 22.5. The highest BCUT2D eigenvalue weighted by atomic mass is 16.6. The van der Waals surface area contributed by atoms with E-state index >= 15 is 0 Å². The van der Waals surface area contributed by atoms with Crippen LogP contribution in [0.15, 0.2) is 28.9 Å². The predicted molar refractivity (Wildman–Crippen MR) is 66.0 cm³/mol. The first kappa shape index (κ1) is 12.6. The molecule has 0 unspecified atom stereocenters. The van der Waals surface area contributed by atoms with E-state index in [2.05, 4.69) is 20.3 Å². The van der Waals surface area contributed by atoms with Crippen LogP contribution >= 0.6 is 0 Å². The van der Waals surface area contributed by atoms with Crippen LogP contribution in [0.4, 0.5) is 11.5 Å². The average Bonchev–Trinajstić information content (AvgIpc) is 2.77. The van der Waals surface area contributed by atoms with E-state index in [1.54, 1.807) is 24.3 Å². The predicted octanol–water partition coefficient (Wildman–Crippen LogP) is -0.0681. The van der Waals surface area contributed by atoms with Crippen LogP contribution in [-0.2, 0) is 11.2 Å². The first-order valence-electron chi connectivity index (χ1n) is 5.33. The molecule has 0 fully saturated rings. The molecule has 0 saturated heterocycles. The number of nitrogen functional groups attached to an aromatic ring is 1. The standard InChI is InChI=1S/C11H11N5O3/c12-8(17)5-6-1-3-7(4-2-6)14-11(18)9-10(13)16-19-15-9/h1-4H,5H2,(H2,12,17)(H2,13,16)(H,14,18). The average molecular weight is 261 g/mol. The Balaban J connectivity index is 2.06. The second-order valence-corrected chi connectivity index (χ2v) is 3.79. The van der Waals surface area contributed by atoms with Gasteiger partial charge in [0.1, 0.15) is 0 Å². The quantitative estimate of drug-likeness (QED) is 0.704. The third-order valence-electron chi connectivity index (χ3n) is 2.32. The van der Waals surface area contributed by atoms with Gasteiger partial charge in [0.2, 0.25) is 17.4 Å². The lowest BCUT2D eigenvalue weighted by Gasteiger charge is -2.04. The molecule has 1 aromatic heterocycles. The monoisotopic (exact) mass is 261 g/mol. The van der Waals surface area contributed by atoms with Crippen molar-refractivity contribution >= 4 is 23.3 Å². The molecule has 0 spiro atoms. The van der Waals surface area contributed by atoms with Crippen LogP contribution in [0.25, 0.3) is 0 Å². The number of carbonyl (C=O) groups excluding carboxylic acids is 2. The number of hydrogen-bond acceptors (Lipinski definition) is 6. The van der Waals surface area contributed by atoms with Gasteiger partial charge in [0.15, 0.2) is 0 Å². The molecule has 0 saturated carbocycles. The number of nitrogens with zero attached hydrogens (tertiary/aromatic N) is 2. The summed E-state index contributed by atoms with van der Waals surface area (Å²) < 4.78 is 4.33. The first-order valence-corrected chi connectivity index (χ1v) is 5.33. The van der Waals surface area contributed by atoms with Gasteiger partial charge in [0.05, 0.1) is 6.42 Å². The number of aromatic nitrogens is 2. The van der Waals surface area contributed by atoms with Crippen molar-refractivity contribution in [2.75, 3.05) is 11.1 Å². The molecule has 8 nitrogen and oxygen atoms in total. The SMILES string of the molecule is NC(=O)Cc1ccc(NC(=O)c2nonc2N)cc1. The number of primary amides is 1. The third-order valence-corrected chi connectivity index (χ3v) is 2.32. The van der Waals surface area contributed by atoms with Gasteiger partial charge in [0.25, 0.3) is 5.91 Å². The number of carbonyl (C=O) groups is 2. The molecule has 0 aliphatic heterocycles. The molecule has 1 heterocycles. The van der Waals surface area contributed by atoms with Crippen molar-refractivity contribution in [3.8, 4) is 0 Å². The minimum Gasteiger partial charge on any atom is -0.379 e. The lowest BCUT2D eigenvalue weighted by molar-refractivity contribution is -0.117. The van der Waals surface area contributed by atoms with Crippen LogP contribution < -0.4 is 16.8 Å².